The molecule has 0 fully saturated rings. The first-order valence-corrected chi connectivity index (χ1v) is 8.11. The van der Waals surface area contributed by atoms with Gasteiger partial charge in [-0.15, -0.1) is 0 Å². The molecule has 0 aliphatic heterocycles. The van der Waals surface area contributed by atoms with Gasteiger partial charge in [-0.1, -0.05) is 11.6 Å². The number of carboxylic acids is 1. The number of benzene rings is 1. The van der Waals surface area contributed by atoms with E-state index in [1.807, 2.05) is 4.72 Å². The van der Waals surface area contributed by atoms with Crippen molar-refractivity contribution in [2.24, 2.45) is 0 Å². The van der Waals surface area contributed by atoms with E-state index < -0.39 is 33.8 Å². The number of hydrogen-bond donors (Lipinski definition) is 2. The predicted molar refractivity (Wildman–Crippen MR) is 72.1 cm³/mol. The van der Waals surface area contributed by atoms with Crippen LogP contribution >= 0.6 is 23.4 Å². The van der Waals surface area contributed by atoms with Crippen LogP contribution in [0.2, 0.25) is 5.02 Å². The minimum absolute atomic E-state index is 0.275. The van der Waals surface area contributed by atoms with Crippen molar-refractivity contribution in [1.82, 2.24) is 4.72 Å². The van der Waals surface area contributed by atoms with Crippen LogP contribution in [0.1, 0.15) is 10.4 Å². The average molecular weight is 364 g/mol. The van der Waals surface area contributed by atoms with Crippen molar-refractivity contribution in [1.29, 1.82) is 0 Å². The molecule has 0 atom stereocenters. The van der Waals surface area contributed by atoms with Gasteiger partial charge in [0.1, 0.15) is 0 Å². The monoisotopic (exact) mass is 363 g/mol. The number of carbonyl (C=O) groups is 1. The van der Waals surface area contributed by atoms with E-state index in [1.54, 1.807) is 0 Å². The molecule has 2 N–H and O–H groups in total. The van der Waals surface area contributed by atoms with Crippen LogP contribution in [-0.2, 0) is 10.0 Å². The summed E-state index contributed by atoms with van der Waals surface area (Å²) in [6.45, 7) is -0.426. The number of hydrogen-bond acceptors (Lipinski definition) is 4. The fourth-order valence-corrected chi connectivity index (χ4v) is 3.21. The number of sulfonamides is 1. The van der Waals surface area contributed by atoms with E-state index in [1.165, 1.54) is 0 Å². The Labute approximate surface area is 127 Å². The molecule has 0 aromatic heterocycles. The zero-order valence-electron chi connectivity index (χ0n) is 10.1. The molecule has 0 heterocycles. The van der Waals surface area contributed by atoms with Crippen molar-refractivity contribution in [3.05, 3.63) is 28.8 Å². The van der Waals surface area contributed by atoms with Gasteiger partial charge in [-0.25, -0.2) is 17.9 Å². The minimum Gasteiger partial charge on any atom is -0.478 e. The molecule has 0 spiro atoms. The third kappa shape index (κ3) is 5.73. The lowest BCUT2D eigenvalue weighted by Gasteiger charge is -2.09. The normalized spacial score (nSPS) is 12.4. The number of halogens is 4. The van der Waals surface area contributed by atoms with Crippen molar-refractivity contribution in [3.63, 3.8) is 0 Å². The molecule has 1 aromatic carbocycles. The summed E-state index contributed by atoms with van der Waals surface area (Å²) in [6, 6.07) is 2.93. The molecule has 0 radical (unpaired) electrons. The molecule has 0 bridgehead atoms. The molecule has 21 heavy (non-hydrogen) atoms. The molecule has 1 aromatic rings. The van der Waals surface area contributed by atoms with Crippen LogP contribution in [0.4, 0.5) is 13.2 Å². The maximum Gasteiger partial charge on any atom is 0.441 e. The Kier molecular flexibility index (Phi) is 5.91. The van der Waals surface area contributed by atoms with Gasteiger partial charge >= 0.3 is 11.5 Å². The lowest BCUT2D eigenvalue weighted by molar-refractivity contribution is -0.0327. The summed E-state index contributed by atoms with van der Waals surface area (Å²) in [6.07, 6.45) is 0. The summed E-state index contributed by atoms with van der Waals surface area (Å²) in [5.74, 6) is -1.80. The molecule has 1 rings (SSSR count). The van der Waals surface area contributed by atoms with E-state index in [0.717, 1.165) is 18.2 Å². The van der Waals surface area contributed by atoms with Gasteiger partial charge in [0.25, 0.3) is 0 Å². The maximum absolute atomic E-state index is 11.9. The molecule has 0 amide bonds. The zero-order chi connectivity index (χ0) is 16.3. The Bertz CT molecular complexity index is 634. The van der Waals surface area contributed by atoms with Crippen LogP contribution < -0.4 is 4.72 Å². The van der Waals surface area contributed by atoms with Crippen molar-refractivity contribution >= 4 is 39.4 Å². The van der Waals surface area contributed by atoms with Gasteiger partial charge in [0.15, 0.2) is 0 Å². The highest BCUT2D eigenvalue weighted by Gasteiger charge is 2.27. The van der Waals surface area contributed by atoms with Crippen molar-refractivity contribution in [3.8, 4) is 0 Å². The molecular weight excluding hydrogens is 355 g/mol. The maximum atomic E-state index is 11.9. The molecule has 0 saturated carbocycles. The first-order valence-electron chi connectivity index (χ1n) is 5.26. The van der Waals surface area contributed by atoms with E-state index in [4.69, 9.17) is 16.7 Å². The highest BCUT2D eigenvalue weighted by atomic mass is 35.5. The summed E-state index contributed by atoms with van der Waals surface area (Å²) in [5, 5.41) is 8.47. The van der Waals surface area contributed by atoms with Gasteiger partial charge in [0, 0.05) is 12.3 Å². The van der Waals surface area contributed by atoms with Crippen molar-refractivity contribution < 1.29 is 31.5 Å². The topological polar surface area (TPSA) is 83.5 Å². The van der Waals surface area contributed by atoms with Crippen LogP contribution in [0.25, 0.3) is 0 Å². The summed E-state index contributed by atoms with van der Waals surface area (Å²) in [4.78, 5) is 10.4. The average Bonchev–Trinajstić information content (AvgIpc) is 2.33. The van der Waals surface area contributed by atoms with Crippen LogP contribution in [0.15, 0.2) is 23.1 Å². The second-order valence-electron chi connectivity index (χ2n) is 3.64. The van der Waals surface area contributed by atoms with Crippen LogP contribution in [0.5, 0.6) is 0 Å². The Hall–Kier alpha value is -0.970. The number of thioether (sulfide) groups is 1. The molecule has 0 saturated heterocycles. The number of nitrogens with one attached hydrogen (secondary N) is 1. The van der Waals surface area contributed by atoms with E-state index >= 15 is 0 Å². The highest BCUT2D eigenvalue weighted by molar-refractivity contribution is 8.00. The highest BCUT2D eigenvalue weighted by Crippen LogP contribution is 2.29. The Morgan fingerprint density at radius 2 is 2.00 bits per heavy atom. The smallest absolute Gasteiger partial charge is 0.441 e. The van der Waals surface area contributed by atoms with Gasteiger partial charge in [-0.05, 0) is 30.0 Å². The molecule has 0 aliphatic carbocycles. The third-order valence-electron chi connectivity index (χ3n) is 2.14. The molecular formula is C10H9ClF3NO4S2. The van der Waals surface area contributed by atoms with E-state index in [0.29, 0.717) is 0 Å². The first-order chi connectivity index (χ1) is 9.53. The first kappa shape index (κ1) is 18.1. The fraction of sp³-hybridized carbons (Fsp3) is 0.300. The Morgan fingerprint density at radius 3 is 2.48 bits per heavy atom. The van der Waals surface area contributed by atoms with Crippen LogP contribution in [0.3, 0.4) is 0 Å². The Balaban J connectivity index is 2.75. The number of carboxylic acid groups (broad SMARTS) is 1. The van der Waals surface area contributed by atoms with Gasteiger partial charge in [-0.3, -0.25) is 0 Å². The number of rotatable bonds is 6. The predicted octanol–water partition coefficient (Wildman–Crippen LogP) is 2.57. The largest absolute Gasteiger partial charge is 0.478 e. The van der Waals surface area contributed by atoms with Gasteiger partial charge in [0.2, 0.25) is 10.0 Å². The van der Waals surface area contributed by atoms with Gasteiger partial charge < -0.3 is 5.11 Å². The second-order valence-corrected chi connectivity index (χ2v) is 6.97. The number of alkyl halides is 3. The summed E-state index contributed by atoms with van der Waals surface area (Å²) >= 11 is 5.27. The van der Waals surface area contributed by atoms with Crippen LogP contribution in [-0.4, -0.2) is 37.3 Å². The zero-order valence-corrected chi connectivity index (χ0v) is 12.5. The van der Waals surface area contributed by atoms with E-state index in [2.05, 4.69) is 0 Å². The van der Waals surface area contributed by atoms with E-state index in [-0.39, 0.29) is 27.2 Å². The van der Waals surface area contributed by atoms with Gasteiger partial charge in [-0.2, -0.15) is 13.2 Å². The van der Waals surface area contributed by atoms with Crippen molar-refractivity contribution in [2.75, 3.05) is 12.3 Å². The molecule has 5 nitrogen and oxygen atoms in total. The lowest BCUT2D eigenvalue weighted by Crippen LogP contribution is -2.26. The van der Waals surface area contributed by atoms with Crippen LogP contribution in [0, 0.1) is 0 Å². The van der Waals surface area contributed by atoms with Gasteiger partial charge in [0.05, 0.1) is 15.5 Å². The lowest BCUT2D eigenvalue weighted by atomic mass is 10.2. The quantitative estimate of drug-likeness (QED) is 0.759. The second kappa shape index (κ2) is 6.86. The Morgan fingerprint density at radius 1 is 1.38 bits per heavy atom. The SMILES string of the molecule is O=C(O)c1ccc(S(=O)(=O)NCCSC(F)(F)F)cc1Cl. The molecule has 0 aliphatic rings. The van der Waals surface area contributed by atoms with E-state index in [9.17, 15) is 26.4 Å². The summed E-state index contributed by atoms with van der Waals surface area (Å²) in [7, 11) is -4.05. The summed E-state index contributed by atoms with van der Waals surface area (Å²) in [5.41, 5.74) is -4.71. The third-order valence-corrected chi connectivity index (χ3v) is 4.65. The van der Waals surface area contributed by atoms with Crippen molar-refractivity contribution in [2.45, 2.75) is 10.4 Å². The number of aromatic carboxylic acids is 1. The molecule has 11 heteroatoms. The summed E-state index contributed by atoms with van der Waals surface area (Å²) < 4.78 is 61.2. The fourth-order valence-electron chi connectivity index (χ4n) is 1.26. The minimum atomic E-state index is -4.43. The standard InChI is InChI=1S/C10H9ClF3NO4S2/c11-8-5-6(1-2-7(8)9(16)17)21(18,19)15-3-4-20-10(12,13)14/h1-2,5,15H,3-4H2,(H,16,17). The molecule has 0 unspecified atom stereocenters. The molecule has 118 valence electrons.